The average molecular weight is 281 g/mol. The summed E-state index contributed by atoms with van der Waals surface area (Å²) in [5, 5.41) is 13.0. The van der Waals surface area contributed by atoms with Gasteiger partial charge in [-0.15, -0.1) is 0 Å². The average Bonchev–Trinajstić information content (AvgIpc) is 2.74. The number of fused-ring (bicyclic) bond motifs is 1. The van der Waals surface area contributed by atoms with E-state index in [2.05, 4.69) is 15.3 Å². The van der Waals surface area contributed by atoms with Crippen molar-refractivity contribution in [3.63, 3.8) is 0 Å². The maximum atomic E-state index is 9.81. The minimum atomic E-state index is -0.542. The molecule has 6 heteroatoms. The van der Waals surface area contributed by atoms with E-state index in [4.69, 9.17) is 17.0 Å². The number of H-pyrrole nitrogens is 2. The van der Waals surface area contributed by atoms with E-state index in [-0.39, 0.29) is 6.61 Å². The molecule has 1 unspecified atom stereocenters. The second-order valence-corrected chi connectivity index (χ2v) is 5.19. The molecule has 0 saturated heterocycles. The molecule has 19 heavy (non-hydrogen) atoms. The summed E-state index contributed by atoms with van der Waals surface area (Å²) in [5.74, 6) is 0.688. The lowest BCUT2D eigenvalue weighted by Crippen LogP contribution is -2.35. The van der Waals surface area contributed by atoms with Gasteiger partial charge in [-0.25, -0.2) is 0 Å². The second kappa shape index (κ2) is 6.18. The van der Waals surface area contributed by atoms with Gasteiger partial charge in [-0.1, -0.05) is 19.9 Å². The van der Waals surface area contributed by atoms with Crippen molar-refractivity contribution in [2.75, 3.05) is 13.2 Å². The van der Waals surface area contributed by atoms with Crippen molar-refractivity contribution in [2.45, 2.75) is 26.0 Å². The summed E-state index contributed by atoms with van der Waals surface area (Å²) in [6.07, 6.45) is -0.542. The van der Waals surface area contributed by atoms with E-state index in [1.54, 1.807) is 0 Å². The SMILES string of the molecule is CC(C)NCC(O)COc1cccc2[nH]c(=S)[nH]c12. The van der Waals surface area contributed by atoms with Gasteiger partial charge in [0.15, 0.2) is 4.77 Å². The molecule has 0 saturated carbocycles. The first kappa shape index (κ1) is 14.0. The Morgan fingerprint density at radius 3 is 2.89 bits per heavy atom. The zero-order chi connectivity index (χ0) is 13.8. The Balaban J connectivity index is 1.99. The summed E-state index contributed by atoms with van der Waals surface area (Å²) in [6.45, 7) is 4.82. The first-order valence-corrected chi connectivity index (χ1v) is 6.72. The van der Waals surface area contributed by atoms with Crippen molar-refractivity contribution in [3.8, 4) is 5.75 Å². The van der Waals surface area contributed by atoms with Crippen molar-refractivity contribution < 1.29 is 9.84 Å². The molecule has 0 radical (unpaired) electrons. The predicted molar refractivity (Wildman–Crippen MR) is 78.1 cm³/mol. The molecule has 1 atom stereocenters. The molecular formula is C13H19N3O2S. The van der Waals surface area contributed by atoms with Crippen molar-refractivity contribution in [1.82, 2.24) is 15.3 Å². The smallest absolute Gasteiger partial charge is 0.175 e. The Labute approximate surface area is 117 Å². The first-order valence-electron chi connectivity index (χ1n) is 6.31. The van der Waals surface area contributed by atoms with Crippen LogP contribution in [0.1, 0.15) is 13.8 Å². The van der Waals surface area contributed by atoms with Crippen molar-refractivity contribution in [1.29, 1.82) is 0 Å². The minimum absolute atomic E-state index is 0.241. The van der Waals surface area contributed by atoms with Crippen molar-refractivity contribution >= 4 is 23.3 Å². The van der Waals surface area contributed by atoms with Crippen LogP contribution in [0.4, 0.5) is 0 Å². The lowest BCUT2D eigenvalue weighted by atomic mass is 10.3. The number of ether oxygens (including phenoxy) is 1. The predicted octanol–water partition coefficient (Wildman–Crippen LogP) is 1.96. The number of hydrogen-bond acceptors (Lipinski definition) is 4. The molecular weight excluding hydrogens is 262 g/mol. The van der Waals surface area contributed by atoms with E-state index in [9.17, 15) is 5.11 Å². The molecule has 0 amide bonds. The number of aliphatic hydroxyl groups is 1. The van der Waals surface area contributed by atoms with Crippen LogP contribution in [0, 0.1) is 4.77 Å². The Morgan fingerprint density at radius 1 is 1.37 bits per heavy atom. The molecule has 2 rings (SSSR count). The second-order valence-electron chi connectivity index (χ2n) is 4.79. The summed E-state index contributed by atoms with van der Waals surface area (Å²) in [4.78, 5) is 6.07. The number of imidazole rings is 1. The number of para-hydroxylation sites is 1. The first-order chi connectivity index (χ1) is 9.06. The van der Waals surface area contributed by atoms with E-state index in [1.807, 2.05) is 32.0 Å². The molecule has 0 spiro atoms. The van der Waals surface area contributed by atoms with Crippen LogP contribution >= 0.6 is 12.2 Å². The lowest BCUT2D eigenvalue weighted by molar-refractivity contribution is 0.105. The van der Waals surface area contributed by atoms with Gasteiger partial charge in [0.05, 0.1) is 5.52 Å². The Bertz CT molecular complexity index is 591. The van der Waals surface area contributed by atoms with E-state index in [0.29, 0.717) is 23.1 Å². The number of nitrogens with one attached hydrogen (secondary N) is 3. The van der Waals surface area contributed by atoms with E-state index >= 15 is 0 Å². The lowest BCUT2D eigenvalue weighted by Gasteiger charge is -2.15. The van der Waals surface area contributed by atoms with Gasteiger partial charge in [0.1, 0.15) is 24.0 Å². The molecule has 104 valence electrons. The monoisotopic (exact) mass is 281 g/mol. The highest BCUT2D eigenvalue weighted by Crippen LogP contribution is 2.22. The number of hydrogen-bond donors (Lipinski definition) is 4. The zero-order valence-corrected chi connectivity index (χ0v) is 11.9. The normalized spacial score (nSPS) is 13.1. The molecule has 1 heterocycles. The third-order valence-electron chi connectivity index (χ3n) is 2.71. The van der Waals surface area contributed by atoms with Crippen LogP contribution in [0.15, 0.2) is 18.2 Å². The number of aromatic nitrogens is 2. The largest absolute Gasteiger partial charge is 0.489 e. The van der Waals surface area contributed by atoms with Crippen molar-refractivity contribution in [3.05, 3.63) is 23.0 Å². The van der Waals surface area contributed by atoms with Gasteiger partial charge in [0.25, 0.3) is 0 Å². The van der Waals surface area contributed by atoms with Crippen LogP contribution in [0.2, 0.25) is 0 Å². The highest BCUT2D eigenvalue weighted by molar-refractivity contribution is 7.71. The fourth-order valence-electron chi connectivity index (χ4n) is 1.77. The standard InChI is InChI=1S/C13H19N3O2S/c1-8(2)14-6-9(17)7-18-11-5-3-4-10-12(11)16-13(19)15-10/h3-5,8-9,14,17H,6-7H2,1-2H3,(H2,15,16,19). The summed E-state index contributed by atoms with van der Waals surface area (Å²) >= 11 is 5.05. The quantitative estimate of drug-likeness (QED) is 0.611. The van der Waals surface area contributed by atoms with Gasteiger partial charge in [-0.05, 0) is 24.4 Å². The molecule has 0 fully saturated rings. The molecule has 0 bridgehead atoms. The maximum Gasteiger partial charge on any atom is 0.175 e. The van der Waals surface area contributed by atoms with Crippen LogP contribution in [-0.2, 0) is 0 Å². The van der Waals surface area contributed by atoms with Crippen LogP contribution in [-0.4, -0.2) is 40.4 Å². The number of aliphatic hydroxyl groups excluding tert-OH is 1. The summed E-state index contributed by atoms with van der Waals surface area (Å²) in [5.41, 5.74) is 1.73. The minimum Gasteiger partial charge on any atom is -0.489 e. The van der Waals surface area contributed by atoms with Crippen LogP contribution < -0.4 is 10.1 Å². The Hall–Kier alpha value is -1.37. The number of benzene rings is 1. The molecule has 2 aromatic rings. The van der Waals surface area contributed by atoms with Crippen LogP contribution in [0.3, 0.4) is 0 Å². The Kier molecular flexibility index (Phi) is 4.57. The van der Waals surface area contributed by atoms with Crippen LogP contribution in [0.25, 0.3) is 11.0 Å². The van der Waals surface area contributed by atoms with E-state index in [1.165, 1.54) is 0 Å². The van der Waals surface area contributed by atoms with E-state index < -0.39 is 6.10 Å². The fourth-order valence-corrected chi connectivity index (χ4v) is 1.98. The summed E-state index contributed by atoms with van der Waals surface area (Å²) in [6, 6.07) is 6.00. The van der Waals surface area contributed by atoms with Gasteiger partial charge in [-0.3, -0.25) is 0 Å². The Morgan fingerprint density at radius 2 is 2.16 bits per heavy atom. The molecule has 0 aliphatic heterocycles. The van der Waals surface area contributed by atoms with Gasteiger partial charge in [0, 0.05) is 12.6 Å². The van der Waals surface area contributed by atoms with Crippen molar-refractivity contribution in [2.24, 2.45) is 0 Å². The number of rotatable bonds is 6. The molecule has 1 aromatic carbocycles. The zero-order valence-electron chi connectivity index (χ0n) is 11.1. The van der Waals surface area contributed by atoms with E-state index in [0.717, 1.165) is 11.0 Å². The fraction of sp³-hybridized carbons (Fsp3) is 0.462. The molecule has 4 N–H and O–H groups in total. The molecule has 0 aliphatic carbocycles. The van der Waals surface area contributed by atoms with Gasteiger partial charge >= 0.3 is 0 Å². The van der Waals surface area contributed by atoms with Crippen LogP contribution in [0.5, 0.6) is 5.75 Å². The topological polar surface area (TPSA) is 73.1 Å². The highest BCUT2D eigenvalue weighted by atomic mass is 32.1. The van der Waals surface area contributed by atoms with Gasteiger partial charge in [0.2, 0.25) is 0 Å². The van der Waals surface area contributed by atoms with Gasteiger partial charge in [-0.2, -0.15) is 0 Å². The third kappa shape index (κ3) is 3.79. The highest BCUT2D eigenvalue weighted by Gasteiger charge is 2.08. The number of aromatic amines is 2. The molecule has 5 nitrogen and oxygen atoms in total. The third-order valence-corrected chi connectivity index (χ3v) is 2.91. The molecule has 0 aliphatic rings. The molecule has 1 aromatic heterocycles. The maximum absolute atomic E-state index is 9.81. The summed E-state index contributed by atoms with van der Waals surface area (Å²) in [7, 11) is 0. The van der Waals surface area contributed by atoms with Gasteiger partial charge < -0.3 is 25.1 Å². The summed E-state index contributed by atoms with van der Waals surface area (Å²) < 4.78 is 6.20.